The van der Waals surface area contributed by atoms with Crippen LogP contribution in [0.25, 0.3) is 0 Å². The molecule has 0 spiro atoms. The summed E-state index contributed by atoms with van der Waals surface area (Å²) in [5, 5.41) is 2.88. The minimum Gasteiger partial charge on any atom is -0.495 e. The maximum atomic E-state index is 12.5. The van der Waals surface area contributed by atoms with E-state index in [1.165, 1.54) is 13.2 Å². The molecule has 0 unspecified atom stereocenters. The van der Waals surface area contributed by atoms with E-state index in [0.29, 0.717) is 22.8 Å². The van der Waals surface area contributed by atoms with E-state index in [-0.39, 0.29) is 30.2 Å². The summed E-state index contributed by atoms with van der Waals surface area (Å²) in [6, 6.07) is 11.2. The summed E-state index contributed by atoms with van der Waals surface area (Å²) >= 11 is 6.04. The molecule has 8 heteroatoms. The van der Waals surface area contributed by atoms with Crippen molar-refractivity contribution in [2.45, 2.75) is 26.4 Å². The van der Waals surface area contributed by atoms with Crippen LogP contribution in [0.1, 0.15) is 41.0 Å². The van der Waals surface area contributed by atoms with Crippen molar-refractivity contribution in [3.8, 4) is 11.5 Å². The highest BCUT2D eigenvalue weighted by Gasteiger charge is 2.22. The van der Waals surface area contributed by atoms with Crippen LogP contribution in [0, 0.1) is 0 Å². The summed E-state index contributed by atoms with van der Waals surface area (Å²) in [6.07, 6.45) is -0.543. The number of para-hydroxylation sites is 1. The van der Waals surface area contributed by atoms with E-state index in [4.69, 9.17) is 25.8 Å². The van der Waals surface area contributed by atoms with E-state index in [2.05, 4.69) is 5.32 Å². The zero-order valence-electron chi connectivity index (χ0n) is 17.1. The maximum absolute atomic E-state index is 12.5. The second-order valence-corrected chi connectivity index (χ2v) is 6.63. The molecule has 0 bridgehead atoms. The molecule has 0 aliphatic heterocycles. The van der Waals surface area contributed by atoms with Crippen LogP contribution in [0.3, 0.4) is 0 Å². The second kappa shape index (κ2) is 11.2. The SMILES string of the molecule is CCOC(=O)c1ccccc1O[C@H](CC)C(=O)NCC(=O)c1ccc(OC)c(Cl)c1. The summed E-state index contributed by atoms with van der Waals surface area (Å²) < 4.78 is 15.8. The third-order valence-electron chi connectivity index (χ3n) is 4.21. The molecule has 160 valence electrons. The van der Waals surface area contributed by atoms with Gasteiger partial charge in [0, 0.05) is 5.56 Å². The van der Waals surface area contributed by atoms with Crippen LogP contribution in [0.2, 0.25) is 5.02 Å². The van der Waals surface area contributed by atoms with Gasteiger partial charge in [-0.25, -0.2) is 4.79 Å². The van der Waals surface area contributed by atoms with Gasteiger partial charge in [0.1, 0.15) is 17.1 Å². The predicted octanol–water partition coefficient (Wildman–Crippen LogP) is 3.68. The lowest BCUT2D eigenvalue weighted by molar-refractivity contribution is -0.127. The van der Waals surface area contributed by atoms with Crippen LogP contribution in [-0.2, 0) is 9.53 Å². The van der Waals surface area contributed by atoms with Gasteiger partial charge in [-0.15, -0.1) is 0 Å². The number of esters is 1. The second-order valence-electron chi connectivity index (χ2n) is 6.22. The Morgan fingerprint density at radius 2 is 1.80 bits per heavy atom. The van der Waals surface area contributed by atoms with Gasteiger partial charge < -0.3 is 19.5 Å². The molecule has 7 nitrogen and oxygen atoms in total. The average molecular weight is 434 g/mol. The lowest BCUT2D eigenvalue weighted by Gasteiger charge is -2.19. The molecule has 0 saturated carbocycles. The molecule has 0 saturated heterocycles. The highest BCUT2D eigenvalue weighted by molar-refractivity contribution is 6.32. The number of methoxy groups -OCH3 is 1. The number of rotatable bonds is 10. The molecular weight excluding hydrogens is 410 g/mol. The van der Waals surface area contributed by atoms with Crippen molar-refractivity contribution in [1.82, 2.24) is 5.32 Å². The summed E-state index contributed by atoms with van der Waals surface area (Å²) in [7, 11) is 1.48. The predicted molar refractivity (Wildman–Crippen MR) is 112 cm³/mol. The minimum absolute atomic E-state index is 0.221. The van der Waals surface area contributed by atoms with Crippen LogP contribution >= 0.6 is 11.6 Å². The van der Waals surface area contributed by atoms with E-state index < -0.39 is 18.0 Å². The number of Topliss-reactive ketones (excluding diaryl/α,β-unsaturated/α-hetero) is 1. The minimum atomic E-state index is -0.882. The van der Waals surface area contributed by atoms with Crippen molar-refractivity contribution in [2.75, 3.05) is 20.3 Å². The van der Waals surface area contributed by atoms with Gasteiger partial charge in [0.25, 0.3) is 5.91 Å². The largest absolute Gasteiger partial charge is 0.495 e. The Morgan fingerprint density at radius 1 is 1.07 bits per heavy atom. The number of nitrogens with one attached hydrogen (secondary N) is 1. The van der Waals surface area contributed by atoms with Crippen LogP contribution in [0.4, 0.5) is 0 Å². The van der Waals surface area contributed by atoms with Gasteiger partial charge in [-0.3, -0.25) is 9.59 Å². The van der Waals surface area contributed by atoms with Crippen LogP contribution in [0.5, 0.6) is 11.5 Å². The first-order chi connectivity index (χ1) is 14.4. The van der Waals surface area contributed by atoms with E-state index in [1.807, 2.05) is 0 Å². The lowest BCUT2D eigenvalue weighted by Crippen LogP contribution is -2.40. The number of hydrogen-bond donors (Lipinski definition) is 1. The van der Waals surface area contributed by atoms with Crippen molar-refractivity contribution in [3.05, 3.63) is 58.6 Å². The lowest BCUT2D eigenvalue weighted by atomic mass is 10.1. The molecule has 0 aliphatic rings. The number of hydrogen-bond acceptors (Lipinski definition) is 6. The fraction of sp³-hybridized carbons (Fsp3) is 0.318. The standard InChI is InChI=1S/C22H24ClNO6/c1-4-18(30-19-9-7-6-8-15(19)22(27)29-5-2)21(26)24-13-17(25)14-10-11-20(28-3)16(23)12-14/h6-12,18H,4-5,13H2,1-3H3,(H,24,26)/t18-/m1/s1. The fourth-order valence-corrected chi connectivity index (χ4v) is 2.90. The summed E-state index contributed by atoms with van der Waals surface area (Å²) in [5.41, 5.74) is 0.581. The first kappa shape index (κ1) is 23.2. The zero-order valence-corrected chi connectivity index (χ0v) is 17.8. The number of carbonyl (C=O) groups is 3. The molecule has 0 radical (unpaired) electrons. The number of benzene rings is 2. The zero-order chi connectivity index (χ0) is 22.1. The monoisotopic (exact) mass is 433 g/mol. The molecule has 0 aromatic heterocycles. The molecule has 1 N–H and O–H groups in total. The third-order valence-corrected chi connectivity index (χ3v) is 4.51. The molecule has 0 heterocycles. The van der Waals surface area contributed by atoms with Crippen LogP contribution in [0.15, 0.2) is 42.5 Å². The van der Waals surface area contributed by atoms with Crippen LogP contribution in [-0.4, -0.2) is 44.0 Å². The quantitative estimate of drug-likeness (QED) is 0.454. The van der Waals surface area contributed by atoms with Gasteiger partial charge >= 0.3 is 5.97 Å². The van der Waals surface area contributed by atoms with E-state index in [9.17, 15) is 14.4 Å². The summed E-state index contributed by atoms with van der Waals surface area (Å²) in [4.78, 5) is 37.0. The number of ether oxygens (including phenoxy) is 3. The van der Waals surface area contributed by atoms with Crippen LogP contribution < -0.4 is 14.8 Å². The average Bonchev–Trinajstić information content (AvgIpc) is 2.75. The Labute approximate surface area is 180 Å². The Morgan fingerprint density at radius 3 is 2.43 bits per heavy atom. The highest BCUT2D eigenvalue weighted by atomic mass is 35.5. The first-order valence-corrected chi connectivity index (χ1v) is 9.86. The molecule has 1 atom stereocenters. The maximum Gasteiger partial charge on any atom is 0.341 e. The van der Waals surface area contributed by atoms with Gasteiger partial charge in [-0.2, -0.15) is 0 Å². The topological polar surface area (TPSA) is 90.9 Å². The molecular formula is C22H24ClNO6. The molecule has 0 fully saturated rings. The Hall–Kier alpha value is -3.06. The van der Waals surface area contributed by atoms with Crippen molar-refractivity contribution in [2.24, 2.45) is 0 Å². The van der Waals surface area contributed by atoms with Crippen molar-refractivity contribution < 1.29 is 28.6 Å². The molecule has 2 aromatic rings. The summed E-state index contributed by atoms with van der Waals surface area (Å²) in [6.45, 7) is 3.47. The smallest absolute Gasteiger partial charge is 0.341 e. The normalized spacial score (nSPS) is 11.3. The van der Waals surface area contributed by atoms with Gasteiger partial charge in [0.15, 0.2) is 11.9 Å². The number of halogens is 1. The van der Waals surface area contributed by atoms with Gasteiger partial charge in [-0.1, -0.05) is 30.7 Å². The van der Waals surface area contributed by atoms with Crippen molar-refractivity contribution in [1.29, 1.82) is 0 Å². The number of ketones is 1. The van der Waals surface area contributed by atoms with Gasteiger partial charge in [-0.05, 0) is 43.7 Å². The van der Waals surface area contributed by atoms with E-state index in [1.54, 1.807) is 50.2 Å². The Balaban J connectivity index is 2.03. The third kappa shape index (κ3) is 5.97. The first-order valence-electron chi connectivity index (χ1n) is 9.48. The molecule has 2 rings (SSSR count). The van der Waals surface area contributed by atoms with Gasteiger partial charge in [0.2, 0.25) is 0 Å². The van der Waals surface area contributed by atoms with Gasteiger partial charge in [0.05, 0.1) is 25.3 Å². The fourth-order valence-electron chi connectivity index (χ4n) is 2.65. The van der Waals surface area contributed by atoms with Crippen molar-refractivity contribution >= 4 is 29.3 Å². The number of carbonyl (C=O) groups excluding carboxylic acids is 3. The molecule has 2 aromatic carbocycles. The summed E-state index contributed by atoms with van der Waals surface area (Å²) in [5.74, 6) is -0.614. The van der Waals surface area contributed by atoms with E-state index >= 15 is 0 Å². The van der Waals surface area contributed by atoms with Crippen molar-refractivity contribution in [3.63, 3.8) is 0 Å². The Kier molecular flexibility index (Phi) is 8.68. The highest BCUT2D eigenvalue weighted by Crippen LogP contribution is 2.25. The van der Waals surface area contributed by atoms with E-state index in [0.717, 1.165) is 0 Å². The Bertz CT molecular complexity index is 914. The number of amides is 1. The molecule has 30 heavy (non-hydrogen) atoms. The molecule has 0 aliphatic carbocycles. The molecule has 1 amide bonds.